The summed E-state index contributed by atoms with van der Waals surface area (Å²) in [6.45, 7) is 9.78. The molecule has 2 heterocycles. The molecule has 1 aromatic heterocycles. The number of piperazine rings is 1. The maximum atomic E-state index is 12.3. The molecule has 0 radical (unpaired) electrons. The number of aromatic nitrogens is 1. The van der Waals surface area contributed by atoms with Crippen LogP contribution in [0.25, 0.3) is 10.9 Å². The van der Waals surface area contributed by atoms with Crippen LogP contribution in [0.2, 0.25) is 0 Å². The van der Waals surface area contributed by atoms with Crippen molar-refractivity contribution in [1.29, 1.82) is 0 Å². The van der Waals surface area contributed by atoms with Gasteiger partial charge in [0.25, 0.3) is 0 Å². The number of amides is 2. The predicted molar refractivity (Wildman–Crippen MR) is 94.8 cm³/mol. The molecule has 2 amide bonds. The maximum absolute atomic E-state index is 12.3. The normalized spacial score (nSPS) is 21.5. The summed E-state index contributed by atoms with van der Waals surface area (Å²) in [5, 5.41) is 6.63. The number of H-pyrrole nitrogens is 1. The second-order valence-electron chi connectivity index (χ2n) is 6.95. The van der Waals surface area contributed by atoms with E-state index in [2.05, 4.69) is 36.0 Å². The van der Waals surface area contributed by atoms with E-state index in [0.717, 1.165) is 22.2 Å². The Hall–Kier alpha value is -2.56. The van der Waals surface area contributed by atoms with Crippen LogP contribution in [0.4, 0.5) is 0 Å². The fraction of sp³-hybridized carbons (Fsp3) is 0.368. The highest BCUT2D eigenvalue weighted by Gasteiger charge is 2.33. The Morgan fingerprint density at radius 2 is 1.88 bits per heavy atom. The number of fused-ring (bicyclic) bond motifs is 1. The van der Waals surface area contributed by atoms with Crippen LogP contribution in [0.3, 0.4) is 0 Å². The molecule has 5 nitrogen and oxygen atoms in total. The third-order valence-corrected chi connectivity index (χ3v) is 4.76. The molecule has 1 aliphatic heterocycles. The molecule has 0 bridgehead atoms. The van der Waals surface area contributed by atoms with Gasteiger partial charge in [0.1, 0.15) is 12.1 Å². The summed E-state index contributed by atoms with van der Waals surface area (Å²) in [6.07, 6.45) is 2.34. The summed E-state index contributed by atoms with van der Waals surface area (Å²) >= 11 is 0. The van der Waals surface area contributed by atoms with Gasteiger partial charge in [0, 0.05) is 28.4 Å². The lowest BCUT2D eigenvalue weighted by Gasteiger charge is -2.29. The number of nitrogens with one attached hydrogen (secondary N) is 3. The van der Waals surface area contributed by atoms with Crippen molar-refractivity contribution in [3.8, 4) is 0 Å². The molecule has 2 atom stereocenters. The number of para-hydroxylation sites is 1. The molecule has 3 N–H and O–H groups in total. The third-order valence-electron chi connectivity index (χ3n) is 4.76. The number of hydrogen-bond acceptors (Lipinski definition) is 2. The van der Waals surface area contributed by atoms with Crippen LogP contribution in [0.15, 0.2) is 36.9 Å². The van der Waals surface area contributed by atoms with Gasteiger partial charge < -0.3 is 15.6 Å². The Morgan fingerprint density at radius 1 is 1.17 bits per heavy atom. The summed E-state index contributed by atoms with van der Waals surface area (Å²) in [5.74, 6) is -0.293. The van der Waals surface area contributed by atoms with Crippen molar-refractivity contribution in [2.45, 2.75) is 44.7 Å². The molecule has 1 aromatic carbocycles. The lowest BCUT2D eigenvalue weighted by molar-refractivity contribution is -0.136. The Morgan fingerprint density at radius 3 is 2.58 bits per heavy atom. The topological polar surface area (TPSA) is 74.0 Å². The average molecular weight is 325 g/mol. The van der Waals surface area contributed by atoms with Crippen LogP contribution < -0.4 is 10.6 Å². The van der Waals surface area contributed by atoms with Gasteiger partial charge in [-0.3, -0.25) is 9.59 Å². The van der Waals surface area contributed by atoms with E-state index in [1.54, 1.807) is 6.92 Å². The van der Waals surface area contributed by atoms with E-state index in [1.165, 1.54) is 0 Å². The van der Waals surface area contributed by atoms with Gasteiger partial charge >= 0.3 is 0 Å². The van der Waals surface area contributed by atoms with E-state index in [0.29, 0.717) is 6.42 Å². The Labute approximate surface area is 141 Å². The molecule has 3 rings (SSSR count). The largest absolute Gasteiger partial charge is 0.357 e. The van der Waals surface area contributed by atoms with Crippen LogP contribution in [-0.2, 0) is 21.4 Å². The van der Waals surface area contributed by atoms with E-state index < -0.39 is 12.1 Å². The number of carbonyl (C=O) groups is 2. The Balaban J connectivity index is 2.05. The van der Waals surface area contributed by atoms with E-state index in [9.17, 15) is 9.59 Å². The number of hydrogen-bond donors (Lipinski definition) is 3. The van der Waals surface area contributed by atoms with Crippen molar-refractivity contribution < 1.29 is 9.59 Å². The molecule has 2 aromatic rings. The van der Waals surface area contributed by atoms with Gasteiger partial charge in [-0.2, -0.15) is 0 Å². The second-order valence-corrected chi connectivity index (χ2v) is 6.95. The van der Waals surface area contributed by atoms with Gasteiger partial charge in [-0.25, -0.2) is 0 Å². The highest BCUT2D eigenvalue weighted by atomic mass is 16.2. The molecule has 1 aliphatic rings. The summed E-state index contributed by atoms with van der Waals surface area (Å²) in [7, 11) is 0. The summed E-state index contributed by atoms with van der Waals surface area (Å²) in [4.78, 5) is 27.7. The molecule has 2 unspecified atom stereocenters. The summed E-state index contributed by atoms with van der Waals surface area (Å²) < 4.78 is 0. The first-order chi connectivity index (χ1) is 11.3. The summed E-state index contributed by atoms with van der Waals surface area (Å²) in [6, 6.07) is 6.96. The number of benzene rings is 1. The number of aromatic amines is 1. The second kappa shape index (κ2) is 5.82. The van der Waals surface area contributed by atoms with Crippen molar-refractivity contribution in [3.05, 3.63) is 48.2 Å². The number of rotatable bonds is 4. The van der Waals surface area contributed by atoms with Crippen molar-refractivity contribution in [2.24, 2.45) is 0 Å². The fourth-order valence-electron chi connectivity index (χ4n) is 3.15. The minimum Gasteiger partial charge on any atom is -0.357 e. The van der Waals surface area contributed by atoms with Gasteiger partial charge in [0.15, 0.2) is 0 Å². The molecule has 24 heavy (non-hydrogen) atoms. The lowest BCUT2D eigenvalue weighted by Crippen LogP contribution is -2.61. The zero-order chi connectivity index (χ0) is 17.5. The maximum Gasteiger partial charge on any atom is 0.243 e. The quantitative estimate of drug-likeness (QED) is 0.754. The van der Waals surface area contributed by atoms with Crippen LogP contribution in [0.5, 0.6) is 0 Å². The molecular weight excluding hydrogens is 302 g/mol. The molecule has 1 fully saturated rings. The monoisotopic (exact) mass is 325 g/mol. The minimum atomic E-state index is -0.563. The Bertz CT molecular complexity index is 819. The van der Waals surface area contributed by atoms with Crippen LogP contribution in [0, 0.1) is 0 Å². The number of allylic oxidation sites excluding steroid dienone is 1. The first-order valence-corrected chi connectivity index (χ1v) is 8.18. The highest BCUT2D eigenvalue weighted by molar-refractivity contribution is 5.97. The van der Waals surface area contributed by atoms with Gasteiger partial charge in [-0.1, -0.05) is 38.1 Å². The van der Waals surface area contributed by atoms with Crippen LogP contribution in [-0.4, -0.2) is 28.9 Å². The SMILES string of the molecule is C=CC(C)(C)c1[nH]c2ccccc2c1CC1NC(=O)C(C)NC1=O. The smallest absolute Gasteiger partial charge is 0.243 e. The summed E-state index contributed by atoms with van der Waals surface area (Å²) in [5.41, 5.74) is 2.83. The first kappa shape index (κ1) is 16.3. The predicted octanol–water partition coefficient (Wildman–Crippen LogP) is 2.18. The van der Waals surface area contributed by atoms with Gasteiger partial charge in [-0.05, 0) is 18.6 Å². The van der Waals surface area contributed by atoms with Gasteiger partial charge in [0.2, 0.25) is 11.8 Å². The standard InChI is InChI=1S/C19H23N3O2/c1-5-19(3,4)16-13(12-8-6-7-9-14(12)21-16)10-15-18(24)20-11(2)17(23)22-15/h5-9,11,15,21H,1,10H2,2-4H3,(H,20,24)(H,22,23). The Kier molecular flexibility index (Phi) is 3.95. The number of carbonyl (C=O) groups excluding carboxylic acids is 2. The minimum absolute atomic E-state index is 0.144. The van der Waals surface area contributed by atoms with E-state index in [4.69, 9.17) is 0 Å². The molecule has 0 aliphatic carbocycles. The molecule has 5 heteroatoms. The molecule has 1 saturated heterocycles. The molecule has 0 saturated carbocycles. The van der Waals surface area contributed by atoms with Crippen LogP contribution in [0.1, 0.15) is 32.0 Å². The molecule has 126 valence electrons. The van der Waals surface area contributed by atoms with Crippen molar-refractivity contribution in [3.63, 3.8) is 0 Å². The van der Waals surface area contributed by atoms with Gasteiger partial charge in [0.05, 0.1) is 0 Å². The lowest BCUT2D eigenvalue weighted by atomic mass is 9.84. The first-order valence-electron chi connectivity index (χ1n) is 8.18. The van der Waals surface area contributed by atoms with Crippen molar-refractivity contribution >= 4 is 22.7 Å². The average Bonchev–Trinajstić information content (AvgIpc) is 2.92. The fourth-order valence-corrected chi connectivity index (χ4v) is 3.15. The van der Waals surface area contributed by atoms with Crippen molar-refractivity contribution in [1.82, 2.24) is 15.6 Å². The van der Waals surface area contributed by atoms with E-state index >= 15 is 0 Å². The van der Waals surface area contributed by atoms with E-state index in [1.807, 2.05) is 30.3 Å². The molecular formula is C19H23N3O2. The molecule has 0 spiro atoms. The third kappa shape index (κ3) is 2.70. The zero-order valence-corrected chi connectivity index (χ0v) is 14.3. The van der Waals surface area contributed by atoms with Crippen molar-refractivity contribution in [2.75, 3.05) is 0 Å². The highest BCUT2D eigenvalue weighted by Crippen LogP contribution is 2.33. The van der Waals surface area contributed by atoms with E-state index in [-0.39, 0.29) is 17.2 Å². The zero-order valence-electron chi connectivity index (χ0n) is 14.3. The van der Waals surface area contributed by atoms with Gasteiger partial charge in [-0.15, -0.1) is 6.58 Å². The van der Waals surface area contributed by atoms with Crippen LogP contribution >= 0.6 is 0 Å².